The van der Waals surface area contributed by atoms with Gasteiger partial charge in [0.15, 0.2) is 0 Å². The van der Waals surface area contributed by atoms with Gasteiger partial charge in [0.25, 0.3) is 0 Å². The molecule has 3 nitrogen and oxygen atoms in total. The van der Waals surface area contributed by atoms with E-state index in [1.165, 1.54) is 10.4 Å². The number of hydrogen-bond donors (Lipinski definition) is 2. The highest BCUT2D eigenvalue weighted by Crippen LogP contribution is 2.26. The summed E-state index contributed by atoms with van der Waals surface area (Å²) in [6.07, 6.45) is 0. The fraction of sp³-hybridized carbons (Fsp3) is 0.190. The fourth-order valence-electron chi connectivity index (χ4n) is 2.69. The van der Waals surface area contributed by atoms with Crippen LogP contribution in [-0.2, 0) is 11.3 Å². The maximum atomic E-state index is 12.3. The van der Waals surface area contributed by atoms with Gasteiger partial charge in [-0.3, -0.25) is 10.1 Å². The Kier molecular flexibility index (Phi) is 6.45. The zero-order valence-corrected chi connectivity index (χ0v) is 16.1. The third-order valence-corrected chi connectivity index (χ3v) is 5.44. The molecule has 0 fully saturated rings. The number of hydrogen-bond acceptors (Lipinski definition) is 3. The van der Waals surface area contributed by atoms with Gasteiger partial charge in [0.1, 0.15) is 0 Å². The number of amides is 1. The molecule has 1 atom stereocenters. The van der Waals surface area contributed by atoms with Crippen molar-refractivity contribution in [1.29, 1.82) is 0 Å². The molecule has 2 N–H and O–H groups in total. The van der Waals surface area contributed by atoms with Crippen LogP contribution >= 0.6 is 22.9 Å². The lowest BCUT2D eigenvalue weighted by molar-refractivity contribution is -0.120. The molecular weight excluding hydrogens is 364 g/mol. The van der Waals surface area contributed by atoms with E-state index in [0.29, 0.717) is 11.6 Å². The summed E-state index contributed by atoms with van der Waals surface area (Å²) in [5.74, 6) is -0.0569. The predicted molar refractivity (Wildman–Crippen MR) is 109 cm³/mol. The van der Waals surface area contributed by atoms with Crippen molar-refractivity contribution in [1.82, 2.24) is 10.6 Å². The molecule has 1 heterocycles. The van der Waals surface area contributed by atoms with Crippen LogP contribution in [0.4, 0.5) is 0 Å². The molecule has 0 spiro atoms. The summed E-state index contributed by atoms with van der Waals surface area (Å²) in [6.45, 7) is 2.73. The Balaban J connectivity index is 1.61. The number of benzene rings is 2. The molecule has 3 rings (SSSR count). The normalized spacial score (nSPS) is 11.9. The fourth-order valence-corrected chi connectivity index (χ4v) is 3.72. The Morgan fingerprint density at radius 2 is 1.85 bits per heavy atom. The molecular formula is C21H21ClN2OS. The second kappa shape index (κ2) is 8.99. The number of rotatable bonds is 7. The van der Waals surface area contributed by atoms with Crippen LogP contribution in [0.15, 0.2) is 66.0 Å². The first-order valence-corrected chi connectivity index (χ1v) is 9.72. The Morgan fingerprint density at radius 3 is 2.54 bits per heavy atom. The Labute approximate surface area is 163 Å². The van der Waals surface area contributed by atoms with Crippen molar-refractivity contribution in [3.05, 3.63) is 92.6 Å². The van der Waals surface area contributed by atoms with Gasteiger partial charge in [-0.25, -0.2) is 0 Å². The van der Waals surface area contributed by atoms with Gasteiger partial charge in [-0.1, -0.05) is 65.7 Å². The zero-order valence-electron chi connectivity index (χ0n) is 14.5. The van der Waals surface area contributed by atoms with Crippen LogP contribution in [0.5, 0.6) is 0 Å². The van der Waals surface area contributed by atoms with Crippen molar-refractivity contribution >= 4 is 28.8 Å². The highest BCUT2D eigenvalue weighted by Gasteiger charge is 2.16. The van der Waals surface area contributed by atoms with Gasteiger partial charge in [-0.2, -0.15) is 0 Å². The van der Waals surface area contributed by atoms with Crippen molar-refractivity contribution < 1.29 is 4.79 Å². The van der Waals surface area contributed by atoms with E-state index in [9.17, 15) is 4.79 Å². The van der Waals surface area contributed by atoms with E-state index >= 15 is 0 Å². The molecule has 0 radical (unpaired) electrons. The van der Waals surface area contributed by atoms with Crippen molar-refractivity contribution in [3.63, 3.8) is 0 Å². The number of nitrogens with one attached hydrogen (secondary N) is 2. The summed E-state index contributed by atoms with van der Waals surface area (Å²) >= 11 is 7.81. The molecule has 0 unspecified atom stereocenters. The van der Waals surface area contributed by atoms with Crippen LogP contribution in [0.2, 0.25) is 5.02 Å². The van der Waals surface area contributed by atoms with Crippen LogP contribution in [0, 0.1) is 6.92 Å². The smallest absolute Gasteiger partial charge is 0.234 e. The summed E-state index contributed by atoms with van der Waals surface area (Å²) in [6, 6.07) is 20.0. The summed E-state index contributed by atoms with van der Waals surface area (Å²) < 4.78 is 0. The Bertz CT molecular complexity index is 847. The van der Waals surface area contributed by atoms with Gasteiger partial charge in [0, 0.05) is 16.4 Å². The van der Waals surface area contributed by atoms with Crippen molar-refractivity contribution in [3.8, 4) is 0 Å². The molecule has 0 aliphatic rings. The first-order valence-electron chi connectivity index (χ1n) is 8.47. The number of aryl methyl sites for hydroxylation is 1. The number of carbonyl (C=O) groups is 1. The highest BCUT2D eigenvalue weighted by molar-refractivity contribution is 7.10. The summed E-state index contributed by atoms with van der Waals surface area (Å²) in [5.41, 5.74) is 3.28. The Morgan fingerprint density at radius 1 is 1.08 bits per heavy atom. The van der Waals surface area contributed by atoms with Gasteiger partial charge in [-0.15, -0.1) is 11.3 Å². The van der Waals surface area contributed by atoms with E-state index in [-0.39, 0.29) is 18.5 Å². The molecule has 2 aromatic carbocycles. The number of carbonyl (C=O) groups excluding carboxylic acids is 1. The first-order chi connectivity index (χ1) is 12.6. The summed E-state index contributed by atoms with van der Waals surface area (Å²) in [4.78, 5) is 13.5. The molecule has 5 heteroatoms. The maximum Gasteiger partial charge on any atom is 0.234 e. The lowest BCUT2D eigenvalue weighted by Gasteiger charge is -2.18. The highest BCUT2D eigenvalue weighted by atomic mass is 35.5. The van der Waals surface area contributed by atoms with Crippen molar-refractivity contribution in [2.24, 2.45) is 0 Å². The monoisotopic (exact) mass is 384 g/mol. The number of thiophene rings is 1. The predicted octanol–water partition coefficient (Wildman–Crippen LogP) is 4.71. The van der Waals surface area contributed by atoms with Crippen LogP contribution in [-0.4, -0.2) is 12.5 Å². The molecule has 0 bridgehead atoms. The van der Waals surface area contributed by atoms with Crippen LogP contribution < -0.4 is 10.6 Å². The second-order valence-corrected chi connectivity index (χ2v) is 7.49. The maximum absolute atomic E-state index is 12.3. The van der Waals surface area contributed by atoms with Crippen LogP contribution in [0.3, 0.4) is 0 Å². The minimum Gasteiger partial charge on any atom is -0.351 e. The number of halogens is 1. The molecule has 0 aliphatic heterocycles. The molecule has 0 saturated heterocycles. The second-order valence-electron chi connectivity index (χ2n) is 6.11. The van der Waals surface area contributed by atoms with Crippen molar-refractivity contribution in [2.45, 2.75) is 19.5 Å². The Hall–Kier alpha value is -2.14. The lowest BCUT2D eigenvalue weighted by atomic mass is 10.0. The molecule has 1 aromatic heterocycles. The van der Waals surface area contributed by atoms with Crippen LogP contribution in [0.1, 0.15) is 27.6 Å². The van der Waals surface area contributed by atoms with Gasteiger partial charge < -0.3 is 5.32 Å². The average Bonchev–Trinajstić information content (AvgIpc) is 3.17. The van der Waals surface area contributed by atoms with Gasteiger partial charge in [0.05, 0.1) is 12.6 Å². The standard InChI is InChI=1S/C21H21ClN2OS/c1-15-8-10-16(11-9-15)21(19-7-4-12-26-19)24-14-20(25)23-13-17-5-2-3-6-18(17)22/h2-12,21,24H,13-14H2,1H3,(H,23,25)/t21-/m0/s1. The SMILES string of the molecule is Cc1ccc([C@H](NCC(=O)NCc2ccccc2Cl)c2cccs2)cc1. The van der Waals surface area contributed by atoms with E-state index in [4.69, 9.17) is 11.6 Å². The lowest BCUT2D eigenvalue weighted by Crippen LogP contribution is -2.35. The van der Waals surface area contributed by atoms with E-state index in [0.717, 1.165) is 11.1 Å². The largest absolute Gasteiger partial charge is 0.351 e. The molecule has 1 amide bonds. The van der Waals surface area contributed by atoms with E-state index in [1.807, 2.05) is 30.3 Å². The van der Waals surface area contributed by atoms with Gasteiger partial charge >= 0.3 is 0 Å². The zero-order chi connectivity index (χ0) is 18.4. The molecule has 134 valence electrons. The van der Waals surface area contributed by atoms with Gasteiger partial charge in [-0.05, 0) is 35.6 Å². The van der Waals surface area contributed by atoms with Gasteiger partial charge in [0.2, 0.25) is 5.91 Å². The molecule has 3 aromatic rings. The van der Waals surface area contributed by atoms with E-state index in [1.54, 1.807) is 11.3 Å². The topological polar surface area (TPSA) is 41.1 Å². The average molecular weight is 385 g/mol. The molecule has 0 aliphatic carbocycles. The third-order valence-electron chi connectivity index (χ3n) is 4.14. The third kappa shape index (κ3) is 4.94. The summed E-state index contributed by atoms with van der Waals surface area (Å²) in [7, 11) is 0. The van der Waals surface area contributed by atoms with Crippen molar-refractivity contribution in [2.75, 3.05) is 6.54 Å². The molecule has 0 saturated carbocycles. The van der Waals surface area contributed by atoms with E-state index < -0.39 is 0 Å². The minimum atomic E-state index is -0.0569. The van der Waals surface area contributed by atoms with Crippen LogP contribution in [0.25, 0.3) is 0 Å². The summed E-state index contributed by atoms with van der Waals surface area (Å²) in [5, 5.41) is 9.01. The van der Waals surface area contributed by atoms with E-state index in [2.05, 4.69) is 53.3 Å². The quantitative estimate of drug-likeness (QED) is 0.619. The minimum absolute atomic E-state index is 0.00154. The first kappa shape index (κ1) is 18.6. The molecule has 26 heavy (non-hydrogen) atoms.